The quantitative estimate of drug-likeness (QED) is 0.649. The van der Waals surface area contributed by atoms with Crippen LogP contribution in [0.2, 0.25) is 0 Å². The van der Waals surface area contributed by atoms with Gasteiger partial charge in [-0.3, -0.25) is 4.90 Å². The predicted octanol–water partition coefficient (Wildman–Crippen LogP) is 1.33. The van der Waals surface area contributed by atoms with E-state index < -0.39 is 0 Å². The molecule has 0 aliphatic heterocycles. The highest BCUT2D eigenvalue weighted by molar-refractivity contribution is 4.80. The van der Waals surface area contributed by atoms with Crippen LogP contribution in [0.25, 0.3) is 0 Å². The van der Waals surface area contributed by atoms with Crippen LogP contribution < -0.4 is 5.32 Å². The molecule has 0 fully saturated rings. The molecule has 0 heterocycles. The first-order valence-corrected chi connectivity index (χ1v) is 4.40. The third kappa shape index (κ3) is 3.73. The summed E-state index contributed by atoms with van der Waals surface area (Å²) in [4.78, 5) is 2.39. The van der Waals surface area contributed by atoms with Crippen molar-refractivity contribution in [2.24, 2.45) is 0 Å². The Labute approximate surface area is 71.0 Å². The van der Waals surface area contributed by atoms with Gasteiger partial charge in [0.15, 0.2) is 0 Å². The molecule has 0 radical (unpaired) electrons. The van der Waals surface area contributed by atoms with E-state index in [2.05, 4.69) is 38.0 Å². The van der Waals surface area contributed by atoms with Gasteiger partial charge in [0.1, 0.15) is 0 Å². The average Bonchev–Trinajstić information content (AvgIpc) is 1.88. The standard InChI is InChI=1S/C9H22N2/c1-6-7-11(5)9(2,3)8-10-4/h10H,6-8H2,1-5H3. The highest BCUT2D eigenvalue weighted by atomic mass is 15.2. The summed E-state index contributed by atoms with van der Waals surface area (Å²) in [6, 6.07) is 0. The fourth-order valence-corrected chi connectivity index (χ4v) is 1.21. The van der Waals surface area contributed by atoms with Crippen molar-refractivity contribution in [3.05, 3.63) is 0 Å². The molecule has 0 aliphatic carbocycles. The summed E-state index contributed by atoms with van der Waals surface area (Å²) in [6.07, 6.45) is 1.23. The second-order valence-electron chi connectivity index (χ2n) is 3.76. The Kier molecular flexibility index (Phi) is 4.69. The van der Waals surface area contributed by atoms with Crippen molar-refractivity contribution in [2.45, 2.75) is 32.7 Å². The summed E-state index contributed by atoms with van der Waals surface area (Å²) in [6.45, 7) is 8.96. The minimum Gasteiger partial charge on any atom is -0.318 e. The van der Waals surface area contributed by atoms with Crippen molar-refractivity contribution in [2.75, 3.05) is 27.2 Å². The van der Waals surface area contributed by atoms with E-state index in [9.17, 15) is 0 Å². The van der Waals surface area contributed by atoms with Crippen LogP contribution in [-0.2, 0) is 0 Å². The number of nitrogens with one attached hydrogen (secondary N) is 1. The topological polar surface area (TPSA) is 15.3 Å². The molecule has 0 aliphatic rings. The van der Waals surface area contributed by atoms with Crippen molar-refractivity contribution >= 4 is 0 Å². The first-order valence-electron chi connectivity index (χ1n) is 4.40. The van der Waals surface area contributed by atoms with Gasteiger partial charge in [-0.25, -0.2) is 0 Å². The maximum Gasteiger partial charge on any atom is 0.0274 e. The van der Waals surface area contributed by atoms with E-state index >= 15 is 0 Å². The largest absolute Gasteiger partial charge is 0.318 e. The normalized spacial score (nSPS) is 12.5. The summed E-state index contributed by atoms with van der Waals surface area (Å²) in [5.74, 6) is 0. The molecule has 0 atom stereocenters. The van der Waals surface area contributed by atoms with Crippen LogP contribution in [-0.4, -0.2) is 37.6 Å². The summed E-state index contributed by atoms with van der Waals surface area (Å²) >= 11 is 0. The van der Waals surface area contributed by atoms with Crippen LogP contribution in [0.5, 0.6) is 0 Å². The Balaban J connectivity index is 3.83. The Morgan fingerprint density at radius 3 is 2.27 bits per heavy atom. The number of hydrogen-bond acceptors (Lipinski definition) is 2. The van der Waals surface area contributed by atoms with Crippen LogP contribution in [0, 0.1) is 0 Å². The SMILES string of the molecule is CCCN(C)C(C)(C)CNC. The molecule has 68 valence electrons. The maximum absolute atomic E-state index is 3.21. The summed E-state index contributed by atoms with van der Waals surface area (Å²) < 4.78 is 0. The highest BCUT2D eigenvalue weighted by Gasteiger charge is 2.20. The van der Waals surface area contributed by atoms with Crippen LogP contribution >= 0.6 is 0 Å². The van der Waals surface area contributed by atoms with Gasteiger partial charge in [0, 0.05) is 12.1 Å². The van der Waals surface area contributed by atoms with E-state index in [-0.39, 0.29) is 5.54 Å². The van der Waals surface area contributed by atoms with E-state index in [4.69, 9.17) is 0 Å². The van der Waals surface area contributed by atoms with Gasteiger partial charge in [0.05, 0.1) is 0 Å². The van der Waals surface area contributed by atoms with E-state index in [1.807, 2.05) is 7.05 Å². The van der Waals surface area contributed by atoms with Crippen molar-refractivity contribution < 1.29 is 0 Å². The van der Waals surface area contributed by atoms with Crippen molar-refractivity contribution in [1.29, 1.82) is 0 Å². The molecule has 0 saturated carbocycles. The highest BCUT2D eigenvalue weighted by Crippen LogP contribution is 2.10. The van der Waals surface area contributed by atoms with Crippen molar-refractivity contribution in [1.82, 2.24) is 10.2 Å². The van der Waals surface area contributed by atoms with Gasteiger partial charge in [-0.1, -0.05) is 6.92 Å². The van der Waals surface area contributed by atoms with Crippen LogP contribution in [0.4, 0.5) is 0 Å². The zero-order valence-corrected chi connectivity index (χ0v) is 8.57. The van der Waals surface area contributed by atoms with E-state index in [1.54, 1.807) is 0 Å². The van der Waals surface area contributed by atoms with Crippen molar-refractivity contribution in [3.8, 4) is 0 Å². The van der Waals surface area contributed by atoms with Gasteiger partial charge in [-0.15, -0.1) is 0 Å². The molecule has 0 rings (SSSR count). The Morgan fingerprint density at radius 1 is 1.36 bits per heavy atom. The van der Waals surface area contributed by atoms with Gasteiger partial charge in [0.25, 0.3) is 0 Å². The van der Waals surface area contributed by atoms with Crippen molar-refractivity contribution in [3.63, 3.8) is 0 Å². The number of hydrogen-bond donors (Lipinski definition) is 1. The van der Waals surface area contributed by atoms with Gasteiger partial charge in [0.2, 0.25) is 0 Å². The Bertz CT molecular complexity index is 99.7. The minimum absolute atomic E-state index is 0.282. The summed E-state index contributed by atoms with van der Waals surface area (Å²) in [5.41, 5.74) is 0.282. The number of likely N-dealkylation sites (N-methyl/N-ethyl adjacent to an activating group) is 2. The van der Waals surface area contributed by atoms with Crippen LogP contribution in [0.1, 0.15) is 27.2 Å². The molecule has 0 amide bonds. The minimum atomic E-state index is 0.282. The monoisotopic (exact) mass is 158 g/mol. The fourth-order valence-electron chi connectivity index (χ4n) is 1.21. The average molecular weight is 158 g/mol. The number of rotatable bonds is 5. The molecule has 0 bridgehead atoms. The van der Waals surface area contributed by atoms with Gasteiger partial charge < -0.3 is 5.32 Å². The fraction of sp³-hybridized carbons (Fsp3) is 1.00. The summed E-state index contributed by atoms with van der Waals surface area (Å²) in [7, 11) is 4.18. The Morgan fingerprint density at radius 2 is 1.91 bits per heavy atom. The van der Waals surface area contributed by atoms with Crippen LogP contribution in [0.15, 0.2) is 0 Å². The lowest BCUT2D eigenvalue weighted by atomic mass is 10.0. The lowest BCUT2D eigenvalue weighted by Gasteiger charge is -2.35. The zero-order chi connectivity index (χ0) is 8.91. The lowest BCUT2D eigenvalue weighted by molar-refractivity contribution is 0.156. The van der Waals surface area contributed by atoms with E-state index in [0.29, 0.717) is 0 Å². The summed E-state index contributed by atoms with van der Waals surface area (Å²) in [5, 5.41) is 3.21. The molecular weight excluding hydrogens is 136 g/mol. The first-order chi connectivity index (χ1) is 5.04. The van der Waals surface area contributed by atoms with Crippen LogP contribution in [0.3, 0.4) is 0 Å². The molecular formula is C9H22N2. The lowest BCUT2D eigenvalue weighted by Crippen LogP contribution is -2.48. The molecule has 0 spiro atoms. The Hall–Kier alpha value is -0.0800. The van der Waals surface area contributed by atoms with E-state index in [0.717, 1.165) is 6.54 Å². The molecule has 0 aromatic carbocycles. The molecule has 0 aromatic heterocycles. The molecule has 11 heavy (non-hydrogen) atoms. The van der Waals surface area contributed by atoms with Gasteiger partial charge in [-0.05, 0) is 40.9 Å². The van der Waals surface area contributed by atoms with Gasteiger partial charge >= 0.3 is 0 Å². The third-order valence-corrected chi connectivity index (χ3v) is 2.20. The molecule has 1 N–H and O–H groups in total. The zero-order valence-electron chi connectivity index (χ0n) is 8.57. The smallest absolute Gasteiger partial charge is 0.0274 e. The van der Waals surface area contributed by atoms with Gasteiger partial charge in [-0.2, -0.15) is 0 Å². The second kappa shape index (κ2) is 4.73. The molecule has 2 nitrogen and oxygen atoms in total. The maximum atomic E-state index is 3.21. The molecule has 0 aromatic rings. The predicted molar refractivity (Wildman–Crippen MR) is 50.9 cm³/mol. The molecule has 0 unspecified atom stereocenters. The second-order valence-corrected chi connectivity index (χ2v) is 3.76. The van der Waals surface area contributed by atoms with E-state index in [1.165, 1.54) is 13.0 Å². The third-order valence-electron chi connectivity index (χ3n) is 2.20. The first kappa shape index (κ1) is 10.9. The molecule has 2 heteroatoms. The molecule has 0 saturated heterocycles. The number of nitrogens with zero attached hydrogens (tertiary/aromatic N) is 1.